The topological polar surface area (TPSA) is 77.1 Å². The van der Waals surface area contributed by atoms with Gasteiger partial charge < -0.3 is 15.5 Å². The van der Waals surface area contributed by atoms with Crippen LogP contribution >= 0.6 is 23.2 Å². The number of aromatic nitrogens is 2. The van der Waals surface area contributed by atoms with Crippen molar-refractivity contribution in [2.75, 3.05) is 13.1 Å². The van der Waals surface area contributed by atoms with Gasteiger partial charge in [-0.3, -0.25) is 4.79 Å². The molecule has 8 heteroatoms. The van der Waals surface area contributed by atoms with Crippen LogP contribution in [0.2, 0.25) is 10.0 Å². The number of nitrogens with one attached hydrogen (secondary N) is 1. The molecule has 4 rings (SSSR count). The first-order valence-electron chi connectivity index (χ1n) is 12.2. The molecule has 0 radical (unpaired) electrons. The van der Waals surface area contributed by atoms with Crippen LogP contribution in [0, 0.1) is 0 Å². The fraction of sp³-hybridized carbons (Fsp3) is 0.286. The third-order valence-electron chi connectivity index (χ3n) is 6.12. The number of carbonyl (C=O) groups excluding carboxylic acids is 1. The fourth-order valence-electron chi connectivity index (χ4n) is 4.26. The van der Waals surface area contributed by atoms with Gasteiger partial charge in [0.25, 0.3) is 5.82 Å². The van der Waals surface area contributed by atoms with Crippen molar-refractivity contribution in [2.24, 2.45) is 12.8 Å². The van der Waals surface area contributed by atoms with Crippen molar-refractivity contribution in [3.8, 4) is 11.3 Å². The molecule has 2 aromatic carbocycles. The highest BCUT2D eigenvalue weighted by Gasteiger charge is 2.22. The molecule has 0 saturated carbocycles. The zero-order valence-electron chi connectivity index (χ0n) is 20.3. The van der Waals surface area contributed by atoms with Gasteiger partial charge >= 0.3 is 0 Å². The highest BCUT2D eigenvalue weighted by atomic mass is 35.5. The summed E-state index contributed by atoms with van der Waals surface area (Å²) in [4.78, 5) is 11.8. The summed E-state index contributed by atoms with van der Waals surface area (Å²) in [6, 6.07) is 17.8. The van der Waals surface area contributed by atoms with E-state index in [0.29, 0.717) is 29.6 Å². The van der Waals surface area contributed by atoms with Gasteiger partial charge in [-0.05, 0) is 37.5 Å². The van der Waals surface area contributed by atoms with Crippen molar-refractivity contribution in [1.82, 2.24) is 9.88 Å². The lowest BCUT2D eigenvalue weighted by Gasteiger charge is -2.04. The predicted octanol–water partition coefficient (Wildman–Crippen LogP) is 5.84. The number of nitrogens with two attached hydrogens (primary N) is 1. The molecule has 1 amide bonds. The van der Waals surface area contributed by atoms with Gasteiger partial charge in [0.1, 0.15) is 11.5 Å². The Morgan fingerprint density at radius 1 is 1.06 bits per heavy atom. The Morgan fingerprint density at radius 2 is 1.83 bits per heavy atom. The Hall–Kier alpha value is -3.06. The maximum Gasteiger partial charge on any atom is 0.282 e. The summed E-state index contributed by atoms with van der Waals surface area (Å²) in [5.41, 5.74) is 8.49. The molecule has 0 fully saturated rings. The van der Waals surface area contributed by atoms with Crippen molar-refractivity contribution >= 4 is 52.3 Å². The number of rotatable bonds is 11. The van der Waals surface area contributed by atoms with Crippen LogP contribution < -0.4 is 15.6 Å². The van der Waals surface area contributed by atoms with Crippen LogP contribution in [-0.4, -0.2) is 23.6 Å². The summed E-state index contributed by atoms with van der Waals surface area (Å²) < 4.78 is 10.4. The summed E-state index contributed by atoms with van der Waals surface area (Å²) in [6.07, 6.45) is 7.22. The predicted molar refractivity (Wildman–Crippen MR) is 147 cm³/mol. The van der Waals surface area contributed by atoms with Gasteiger partial charge in [-0.2, -0.15) is 0 Å². The van der Waals surface area contributed by atoms with E-state index in [9.17, 15) is 4.79 Å². The number of aryl methyl sites for hydroxylation is 2. The van der Waals surface area contributed by atoms with Crippen molar-refractivity contribution in [3.05, 3.63) is 76.2 Å². The molecule has 0 bridgehead atoms. The quantitative estimate of drug-likeness (QED) is 0.191. The second-order valence-electron chi connectivity index (χ2n) is 8.67. The molecule has 2 heterocycles. The molecule has 0 unspecified atom stereocenters. The van der Waals surface area contributed by atoms with E-state index in [1.54, 1.807) is 0 Å². The van der Waals surface area contributed by atoms with E-state index >= 15 is 0 Å². The summed E-state index contributed by atoms with van der Waals surface area (Å²) in [5.74, 6) is 2.65. The molecule has 0 saturated heterocycles. The molecular formula is C28H31Cl2N4O2+. The Bertz CT molecular complexity index is 1360. The van der Waals surface area contributed by atoms with Crippen molar-refractivity contribution in [2.45, 2.75) is 32.2 Å². The first-order chi connectivity index (χ1) is 17.5. The van der Waals surface area contributed by atoms with E-state index in [-0.39, 0.29) is 5.91 Å². The Balaban J connectivity index is 1.53. The van der Waals surface area contributed by atoms with Gasteiger partial charge in [-0.1, -0.05) is 53.5 Å². The van der Waals surface area contributed by atoms with Crippen molar-refractivity contribution < 1.29 is 13.8 Å². The van der Waals surface area contributed by atoms with Crippen LogP contribution in [0.15, 0.2) is 59.0 Å². The molecule has 2 aromatic heterocycles. The van der Waals surface area contributed by atoms with Gasteiger partial charge in [-0.15, -0.1) is 0 Å². The summed E-state index contributed by atoms with van der Waals surface area (Å²) in [5, 5.41) is 3.86. The lowest BCUT2D eigenvalue weighted by Crippen LogP contribution is -2.31. The molecule has 3 N–H and O–H groups in total. The molecule has 0 atom stereocenters. The first kappa shape index (κ1) is 26.0. The van der Waals surface area contributed by atoms with E-state index in [1.165, 1.54) is 0 Å². The van der Waals surface area contributed by atoms with Crippen molar-refractivity contribution in [1.29, 1.82) is 0 Å². The summed E-state index contributed by atoms with van der Waals surface area (Å²) in [7, 11) is 2.02. The number of carbonyl (C=O) groups is 1. The fourth-order valence-corrected chi connectivity index (χ4v) is 4.58. The van der Waals surface area contributed by atoms with Gasteiger partial charge in [0.2, 0.25) is 5.91 Å². The van der Waals surface area contributed by atoms with Crippen LogP contribution in [-0.2, 0) is 18.4 Å². The Labute approximate surface area is 221 Å². The minimum absolute atomic E-state index is 0.0524. The average Bonchev–Trinajstić information content (AvgIpc) is 3.45. The van der Waals surface area contributed by atoms with Gasteiger partial charge in [0.15, 0.2) is 11.0 Å². The number of imidazole rings is 1. The monoisotopic (exact) mass is 525 g/mol. The minimum Gasteiger partial charge on any atom is -0.457 e. The second-order valence-corrected chi connectivity index (χ2v) is 9.49. The number of fused-ring (bicyclic) bond motifs is 1. The number of halogens is 2. The number of benzene rings is 2. The van der Waals surface area contributed by atoms with Gasteiger partial charge in [-0.25, -0.2) is 9.13 Å². The van der Waals surface area contributed by atoms with Crippen LogP contribution in [0.3, 0.4) is 0 Å². The molecule has 0 aliphatic heterocycles. The van der Waals surface area contributed by atoms with E-state index in [0.717, 1.165) is 59.7 Å². The normalized spacial score (nSPS) is 11.6. The minimum atomic E-state index is 0.0524. The lowest BCUT2D eigenvalue weighted by molar-refractivity contribution is -0.647. The number of hydrogen-bond acceptors (Lipinski definition) is 3. The first-order valence-corrected chi connectivity index (χ1v) is 12.9. The van der Waals surface area contributed by atoms with E-state index < -0.39 is 0 Å². The Morgan fingerprint density at radius 3 is 2.61 bits per heavy atom. The number of hydrogen-bond donors (Lipinski definition) is 2. The lowest BCUT2D eigenvalue weighted by atomic mass is 10.2. The van der Waals surface area contributed by atoms with E-state index in [1.807, 2.05) is 67.7 Å². The highest BCUT2D eigenvalue weighted by molar-refractivity contribution is 6.42. The average molecular weight is 526 g/mol. The highest BCUT2D eigenvalue weighted by Crippen LogP contribution is 2.29. The molecule has 0 spiro atoms. The molecule has 0 aliphatic carbocycles. The van der Waals surface area contributed by atoms with Crippen LogP contribution in [0.5, 0.6) is 0 Å². The molecule has 4 aromatic rings. The van der Waals surface area contributed by atoms with Gasteiger partial charge in [0, 0.05) is 43.3 Å². The van der Waals surface area contributed by atoms with E-state index in [2.05, 4.69) is 20.5 Å². The molecular weight excluding hydrogens is 495 g/mol. The zero-order valence-corrected chi connectivity index (χ0v) is 21.9. The van der Waals surface area contributed by atoms with Crippen LogP contribution in [0.4, 0.5) is 0 Å². The standard InChI is InChI=1S/C28H30Cl2N4O2/c1-33-24-18-22(29)23(30)19-25(24)34(17-7-3-6-10-27(35)32-16-15-31)28(33)14-12-21-11-13-26(36-21)20-8-4-2-5-9-20/h2,4-5,8-9,11-14,18-19H,3,6-7,10,15-17,31H2,1H3/p+1/b14-12+. The summed E-state index contributed by atoms with van der Waals surface area (Å²) >= 11 is 12.7. The maximum absolute atomic E-state index is 11.8. The Kier molecular flexibility index (Phi) is 8.86. The van der Waals surface area contributed by atoms with E-state index in [4.69, 9.17) is 33.4 Å². The maximum atomic E-state index is 11.8. The molecule has 188 valence electrons. The number of furan rings is 1. The molecule has 36 heavy (non-hydrogen) atoms. The SMILES string of the molecule is C[n+]1c(/C=C/c2ccc(-c3ccccc3)o2)n(CCCCCC(=O)NCCN)c2cc(Cl)c(Cl)cc21. The largest absolute Gasteiger partial charge is 0.457 e. The van der Waals surface area contributed by atoms with Gasteiger partial charge in [0.05, 0.1) is 23.6 Å². The third kappa shape index (κ3) is 6.19. The number of unbranched alkanes of at least 4 members (excludes halogenated alkanes) is 2. The molecule has 6 nitrogen and oxygen atoms in total. The number of nitrogens with zero attached hydrogens (tertiary/aromatic N) is 2. The van der Waals surface area contributed by atoms with Crippen LogP contribution in [0.1, 0.15) is 37.3 Å². The van der Waals surface area contributed by atoms with Crippen LogP contribution in [0.25, 0.3) is 34.5 Å². The third-order valence-corrected chi connectivity index (χ3v) is 6.85. The second kappa shape index (κ2) is 12.3. The zero-order chi connectivity index (χ0) is 25.5. The molecule has 0 aliphatic rings. The summed E-state index contributed by atoms with van der Waals surface area (Å²) in [6.45, 7) is 1.76. The number of amides is 1. The van der Waals surface area contributed by atoms with Crippen molar-refractivity contribution in [3.63, 3.8) is 0 Å². The smallest absolute Gasteiger partial charge is 0.282 e.